The lowest BCUT2D eigenvalue weighted by atomic mass is 10.3. The Kier molecular flexibility index (Phi) is 4.21. The van der Waals surface area contributed by atoms with Gasteiger partial charge in [0, 0.05) is 16.8 Å². The highest BCUT2D eigenvalue weighted by Crippen LogP contribution is 2.17. The van der Waals surface area contributed by atoms with Crippen molar-refractivity contribution in [2.75, 3.05) is 11.1 Å². The van der Waals surface area contributed by atoms with E-state index in [1.54, 1.807) is 42.5 Å². The summed E-state index contributed by atoms with van der Waals surface area (Å²) in [6.45, 7) is 4.32. The first kappa shape index (κ1) is 14.0. The molecule has 0 atom stereocenters. The average Bonchev–Trinajstić information content (AvgIpc) is 2.83. The van der Waals surface area contributed by atoms with Crippen molar-refractivity contribution in [3.63, 3.8) is 0 Å². The molecule has 19 heavy (non-hydrogen) atoms. The number of benzene rings is 1. The Labute approximate surface area is 117 Å². The minimum atomic E-state index is -3.12. The summed E-state index contributed by atoms with van der Waals surface area (Å²) < 4.78 is 23.3. The molecule has 0 aliphatic heterocycles. The van der Waals surface area contributed by atoms with E-state index in [0.29, 0.717) is 11.4 Å². The SMILES string of the molecule is CCS(=O)(=O)c1ccc(NCc2ncc(C)s2)cc1. The summed E-state index contributed by atoms with van der Waals surface area (Å²) in [5, 5.41) is 4.24. The Morgan fingerprint density at radius 1 is 1.26 bits per heavy atom. The van der Waals surface area contributed by atoms with E-state index < -0.39 is 9.84 Å². The maximum absolute atomic E-state index is 11.7. The van der Waals surface area contributed by atoms with Gasteiger partial charge in [-0.3, -0.25) is 0 Å². The quantitative estimate of drug-likeness (QED) is 0.921. The molecule has 0 unspecified atom stereocenters. The Balaban J connectivity index is 2.03. The van der Waals surface area contributed by atoms with Crippen molar-refractivity contribution in [3.05, 3.63) is 40.3 Å². The van der Waals surface area contributed by atoms with Gasteiger partial charge in [0.15, 0.2) is 9.84 Å². The lowest BCUT2D eigenvalue weighted by Gasteiger charge is -2.06. The second-order valence-electron chi connectivity index (χ2n) is 4.15. The molecule has 0 saturated heterocycles. The number of hydrogen-bond donors (Lipinski definition) is 1. The van der Waals surface area contributed by atoms with E-state index in [0.717, 1.165) is 10.7 Å². The van der Waals surface area contributed by atoms with Crippen molar-refractivity contribution in [1.29, 1.82) is 0 Å². The predicted octanol–water partition coefficient (Wildman–Crippen LogP) is 2.86. The smallest absolute Gasteiger partial charge is 0.178 e. The third-order valence-electron chi connectivity index (χ3n) is 2.71. The van der Waals surface area contributed by atoms with Crippen molar-refractivity contribution < 1.29 is 8.42 Å². The first-order valence-electron chi connectivity index (χ1n) is 5.99. The fourth-order valence-corrected chi connectivity index (χ4v) is 3.22. The number of sulfone groups is 1. The third kappa shape index (κ3) is 3.54. The third-order valence-corrected chi connectivity index (χ3v) is 5.37. The first-order chi connectivity index (χ1) is 9.01. The molecule has 0 saturated carbocycles. The fourth-order valence-electron chi connectivity index (χ4n) is 1.61. The molecule has 1 N–H and O–H groups in total. The molecule has 6 heteroatoms. The van der Waals surface area contributed by atoms with Crippen LogP contribution in [-0.2, 0) is 16.4 Å². The van der Waals surface area contributed by atoms with Gasteiger partial charge in [-0.25, -0.2) is 13.4 Å². The molecular formula is C13H16N2O2S2. The van der Waals surface area contributed by atoms with Crippen molar-refractivity contribution in [1.82, 2.24) is 4.98 Å². The molecule has 4 nitrogen and oxygen atoms in total. The highest BCUT2D eigenvalue weighted by Gasteiger charge is 2.10. The Morgan fingerprint density at radius 3 is 2.47 bits per heavy atom. The van der Waals surface area contributed by atoms with Crippen LogP contribution in [0.2, 0.25) is 0 Å². The molecule has 1 heterocycles. The van der Waals surface area contributed by atoms with E-state index in [4.69, 9.17) is 0 Å². The summed E-state index contributed by atoms with van der Waals surface area (Å²) in [5.74, 6) is 0.123. The Hall–Kier alpha value is -1.40. The zero-order valence-electron chi connectivity index (χ0n) is 10.9. The molecule has 0 aliphatic carbocycles. The number of aryl methyl sites for hydroxylation is 1. The fraction of sp³-hybridized carbons (Fsp3) is 0.308. The molecule has 2 rings (SSSR count). The Morgan fingerprint density at radius 2 is 1.95 bits per heavy atom. The summed E-state index contributed by atoms with van der Waals surface area (Å²) >= 11 is 1.65. The molecule has 2 aromatic rings. The van der Waals surface area contributed by atoms with Crippen LogP contribution in [0.3, 0.4) is 0 Å². The van der Waals surface area contributed by atoms with Crippen LogP contribution < -0.4 is 5.32 Å². The van der Waals surface area contributed by atoms with Gasteiger partial charge in [0.05, 0.1) is 17.2 Å². The topological polar surface area (TPSA) is 59.1 Å². The molecule has 0 bridgehead atoms. The van der Waals surface area contributed by atoms with E-state index in [1.807, 2.05) is 13.1 Å². The van der Waals surface area contributed by atoms with Crippen LogP contribution >= 0.6 is 11.3 Å². The monoisotopic (exact) mass is 296 g/mol. The summed E-state index contributed by atoms with van der Waals surface area (Å²) in [6, 6.07) is 6.83. The van der Waals surface area contributed by atoms with Gasteiger partial charge in [-0.2, -0.15) is 0 Å². The maximum Gasteiger partial charge on any atom is 0.178 e. The molecule has 0 spiro atoms. The van der Waals surface area contributed by atoms with Gasteiger partial charge in [-0.1, -0.05) is 6.92 Å². The number of anilines is 1. The van der Waals surface area contributed by atoms with Gasteiger partial charge < -0.3 is 5.32 Å². The van der Waals surface area contributed by atoms with Gasteiger partial charge in [0.1, 0.15) is 5.01 Å². The van der Waals surface area contributed by atoms with Gasteiger partial charge in [0.25, 0.3) is 0 Å². The van der Waals surface area contributed by atoms with E-state index >= 15 is 0 Å². The Bertz CT molecular complexity index is 646. The highest BCUT2D eigenvalue weighted by molar-refractivity contribution is 7.91. The lowest BCUT2D eigenvalue weighted by molar-refractivity contribution is 0.597. The molecule has 1 aromatic heterocycles. The van der Waals surface area contributed by atoms with Crippen LogP contribution in [0, 0.1) is 6.92 Å². The first-order valence-corrected chi connectivity index (χ1v) is 8.46. The van der Waals surface area contributed by atoms with Crippen molar-refractivity contribution in [2.45, 2.75) is 25.3 Å². The zero-order valence-corrected chi connectivity index (χ0v) is 12.5. The van der Waals surface area contributed by atoms with Crippen LogP contribution in [0.4, 0.5) is 5.69 Å². The van der Waals surface area contributed by atoms with Gasteiger partial charge in [-0.15, -0.1) is 11.3 Å². The summed E-state index contributed by atoms with van der Waals surface area (Å²) in [5.41, 5.74) is 0.892. The van der Waals surface area contributed by atoms with E-state index in [9.17, 15) is 8.42 Å². The molecule has 102 valence electrons. The number of nitrogens with one attached hydrogen (secondary N) is 1. The number of nitrogens with zero attached hydrogens (tertiary/aromatic N) is 1. The summed E-state index contributed by atoms with van der Waals surface area (Å²) in [6.07, 6.45) is 1.85. The molecule has 0 aliphatic rings. The van der Waals surface area contributed by atoms with E-state index in [1.165, 1.54) is 4.88 Å². The average molecular weight is 296 g/mol. The molecule has 0 amide bonds. The van der Waals surface area contributed by atoms with E-state index in [-0.39, 0.29) is 5.75 Å². The van der Waals surface area contributed by atoms with Gasteiger partial charge >= 0.3 is 0 Å². The van der Waals surface area contributed by atoms with E-state index in [2.05, 4.69) is 10.3 Å². The van der Waals surface area contributed by atoms with Crippen molar-refractivity contribution >= 4 is 26.9 Å². The highest BCUT2D eigenvalue weighted by atomic mass is 32.2. The predicted molar refractivity (Wildman–Crippen MR) is 78.3 cm³/mol. The second-order valence-corrected chi connectivity index (χ2v) is 7.74. The molecular weight excluding hydrogens is 280 g/mol. The van der Waals surface area contributed by atoms with Gasteiger partial charge in [0.2, 0.25) is 0 Å². The minimum absolute atomic E-state index is 0.123. The van der Waals surface area contributed by atoms with Crippen molar-refractivity contribution in [2.24, 2.45) is 0 Å². The van der Waals surface area contributed by atoms with Gasteiger partial charge in [-0.05, 0) is 31.2 Å². The number of rotatable bonds is 5. The normalized spacial score (nSPS) is 11.5. The largest absolute Gasteiger partial charge is 0.379 e. The number of aromatic nitrogens is 1. The van der Waals surface area contributed by atoms with Crippen LogP contribution in [0.25, 0.3) is 0 Å². The van der Waals surface area contributed by atoms with Crippen LogP contribution in [-0.4, -0.2) is 19.2 Å². The summed E-state index contributed by atoms with van der Waals surface area (Å²) in [7, 11) is -3.12. The summed E-state index contributed by atoms with van der Waals surface area (Å²) in [4.78, 5) is 5.81. The molecule has 1 aromatic carbocycles. The molecule has 0 radical (unpaired) electrons. The lowest BCUT2D eigenvalue weighted by Crippen LogP contribution is -2.04. The number of thiazole rings is 1. The van der Waals surface area contributed by atoms with Crippen molar-refractivity contribution in [3.8, 4) is 0 Å². The van der Waals surface area contributed by atoms with Crippen LogP contribution in [0.15, 0.2) is 35.4 Å². The molecule has 0 fully saturated rings. The zero-order chi connectivity index (χ0) is 13.9. The van der Waals surface area contributed by atoms with Crippen LogP contribution in [0.5, 0.6) is 0 Å². The number of hydrogen-bond acceptors (Lipinski definition) is 5. The minimum Gasteiger partial charge on any atom is -0.379 e. The maximum atomic E-state index is 11.7. The standard InChI is InChI=1S/C13H16N2O2S2/c1-3-19(16,17)12-6-4-11(5-7-12)14-9-13-15-8-10(2)18-13/h4-8,14H,3,9H2,1-2H3. The second kappa shape index (κ2) is 5.71. The van der Waals surface area contributed by atoms with Crippen LogP contribution in [0.1, 0.15) is 16.8 Å².